The number of aryl methyl sites for hydroxylation is 2. The molecule has 0 saturated heterocycles. The van der Waals surface area contributed by atoms with Crippen LogP contribution < -0.4 is 4.72 Å². The normalized spacial score (nSPS) is 13.2. The molecule has 3 rings (SSSR count). The molecule has 132 valence electrons. The number of rotatable bonds is 6. The molecular weight excluding hydrogens is 339 g/mol. The van der Waals surface area contributed by atoms with Gasteiger partial charge in [-0.25, -0.2) is 17.5 Å². The quantitative estimate of drug-likeness (QED) is 0.730. The van der Waals surface area contributed by atoms with Gasteiger partial charge in [-0.1, -0.05) is 18.2 Å². The first-order valence-electron chi connectivity index (χ1n) is 8.17. The third-order valence-electron chi connectivity index (χ3n) is 4.31. The van der Waals surface area contributed by atoms with E-state index in [1.54, 1.807) is 0 Å². The SMILES string of the molecule is C[C@@H](CCc1cn(C)c2ccccc12)NS(=O)(=O)c1ccc(F)cc1. The second kappa shape index (κ2) is 6.98. The van der Waals surface area contributed by atoms with Crippen molar-refractivity contribution in [2.45, 2.75) is 30.7 Å². The smallest absolute Gasteiger partial charge is 0.240 e. The molecule has 0 aliphatic heterocycles. The number of para-hydroxylation sites is 1. The molecular formula is C19H21FN2O2S. The first-order chi connectivity index (χ1) is 11.9. The standard InChI is InChI=1S/C19H21FN2O2S/c1-14(21-25(23,24)17-11-9-16(20)10-12-17)7-8-15-13-22(2)19-6-4-3-5-18(15)19/h3-6,9-14,21H,7-8H2,1-2H3/t14-/m0/s1. The Balaban J connectivity index is 1.68. The zero-order valence-corrected chi connectivity index (χ0v) is 15.1. The number of halogens is 1. The van der Waals surface area contributed by atoms with E-state index in [-0.39, 0.29) is 10.9 Å². The van der Waals surface area contributed by atoms with Gasteiger partial charge in [0, 0.05) is 30.2 Å². The van der Waals surface area contributed by atoms with Crippen molar-refractivity contribution in [2.24, 2.45) is 7.05 Å². The third kappa shape index (κ3) is 3.91. The van der Waals surface area contributed by atoms with Crippen molar-refractivity contribution in [3.8, 4) is 0 Å². The fraction of sp³-hybridized carbons (Fsp3) is 0.263. The largest absolute Gasteiger partial charge is 0.350 e. The predicted molar refractivity (Wildman–Crippen MR) is 97.4 cm³/mol. The molecule has 1 heterocycles. The second-order valence-corrected chi connectivity index (χ2v) is 8.01. The van der Waals surface area contributed by atoms with Gasteiger partial charge in [-0.05, 0) is 55.7 Å². The van der Waals surface area contributed by atoms with Crippen LogP contribution in [0.25, 0.3) is 10.9 Å². The van der Waals surface area contributed by atoms with Crippen LogP contribution in [0.15, 0.2) is 59.6 Å². The van der Waals surface area contributed by atoms with Gasteiger partial charge in [0.1, 0.15) is 5.82 Å². The number of aromatic nitrogens is 1. The van der Waals surface area contributed by atoms with Crippen LogP contribution >= 0.6 is 0 Å². The molecule has 0 unspecified atom stereocenters. The van der Waals surface area contributed by atoms with Crippen LogP contribution in [0.2, 0.25) is 0 Å². The Morgan fingerprint density at radius 1 is 1.12 bits per heavy atom. The van der Waals surface area contributed by atoms with Crippen LogP contribution in [0.3, 0.4) is 0 Å². The summed E-state index contributed by atoms with van der Waals surface area (Å²) in [7, 11) is -1.63. The Hall–Kier alpha value is -2.18. The van der Waals surface area contributed by atoms with Crippen LogP contribution in [0.1, 0.15) is 18.9 Å². The third-order valence-corrected chi connectivity index (χ3v) is 5.91. The Morgan fingerprint density at radius 3 is 2.52 bits per heavy atom. The lowest BCUT2D eigenvalue weighted by Crippen LogP contribution is -2.32. The van der Waals surface area contributed by atoms with Gasteiger partial charge < -0.3 is 4.57 Å². The van der Waals surface area contributed by atoms with Crippen molar-refractivity contribution in [1.82, 2.24) is 9.29 Å². The molecule has 0 saturated carbocycles. The summed E-state index contributed by atoms with van der Waals surface area (Å²) in [4.78, 5) is 0.0749. The topological polar surface area (TPSA) is 51.1 Å². The lowest BCUT2D eigenvalue weighted by Gasteiger charge is -2.14. The monoisotopic (exact) mass is 360 g/mol. The predicted octanol–water partition coefficient (Wildman–Crippen LogP) is 3.62. The van der Waals surface area contributed by atoms with Gasteiger partial charge in [-0.3, -0.25) is 0 Å². The minimum Gasteiger partial charge on any atom is -0.350 e. The maximum absolute atomic E-state index is 13.0. The average molecular weight is 360 g/mol. The highest BCUT2D eigenvalue weighted by Gasteiger charge is 2.17. The van der Waals surface area contributed by atoms with Crippen LogP contribution in [0, 0.1) is 5.82 Å². The summed E-state index contributed by atoms with van der Waals surface area (Å²) in [5, 5.41) is 1.19. The maximum atomic E-state index is 13.0. The first kappa shape index (κ1) is 17.6. The Bertz CT molecular complexity index is 978. The highest BCUT2D eigenvalue weighted by atomic mass is 32.2. The van der Waals surface area contributed by atoms with Crippen molar-refractivity contribution < 1.29 is 12.8 Å². The van der Waals surface area contributed by atoms with Crippen molar-refractivity contribution in [1.29, 1.82) is 0 Å². The highest BCUT2D eigenvalue weighted by molar-refractivity contribution is 7.89. The molecule has 6 heteroatoms. The molecule has 0 bridgehead atoms. The van der Waals surface area contributed by atoms with E-state index in [0.29, 0.717) is 6.42 Å². The molecule has 0 fully saturated rings. The fourth-order valence-corrected chi connectivity index (χ4v) is 4.28. The van der Waals surface area contributed by atoms with E-state index in [1.165, 1.54) is 23.1 Å². The number of hydrogen-bond acceptors (Lipinski definition) is 2. The molecule has 0 spiro atoms. The minimum absolute atomic E-state index is 0.0749. The van der Waals surface area contributed by atoms with Gasteiger partial charge >= 0.3 is 0 Å². The molecule has 1 atom stereocenters. The van der Waals surface area contributed by atoms with Crippen LogP contribution in [0.4, 0.5) is 4.39 Å². The second-order valence-electron chi connectivity index (χ2n) is 6.30. The van der Waals surface area contributed by atoms with E-state index < -0.39 is 15.8 Å². The number of hydrogen-bond donors (Lipinski definition) is 1. The first-order valence-corrected chi connectivity index (χ1v) is 9.66. The summed E-state index contributed by atoms with van der Waals surface area (Å²) >= 11 is 0. The lowest BCUT2D eigenvalue weighted by atomic mass is 10.1. The van der Waals surface area contributed by atoms with Gasteiger partial charge in [0.15, 0.2) is 0 Å². The summed E-state index contributed by atoms with van der Waals surface area (Å²) in [6.45, 7) is 1.84. The number of nitrogens with one attached hydrogen (secondary N) is 1. The van der Waals surface area contributed by atoms with Crippen molar-refractivity contribution in [2.75, 3.05) is 0 Å². The molecule has 0 amide bonds. The Kier molecular flexibility index (Phi) is 4.92. The summed E-state index contributed by atoms with van der Waals surface area (Å²) in [5.74, 6) is -0.456. The molecule has 1 N–H and O–H groups in total. The molecule has 4 nitrogen and oxygen atoms in total. The van der Waals surface area contributed by atoms with Crippen LogP contribution in [-0.4, -0.2) is 19.0 Å². The molecule has 0 aliphatic rings. The molecule has 2 aromatic carbocycles. The summed E-state index contributed by atoms with van der Waals surface area (Å²) in [6.07, 6.45) is 3.54. The fourth-order valence-electron chi connectivity index (χ4n) is 3.00. The highest BCUT2D eigenvalue weighted by Crippen LogP contribution is 2.22. The zero-order chi connectivity index (χ0) is 18.0. The number of fused-ring (bicyclic) bond motifs is 1. The van der Waals surface area contributed by atoms with E-state index in [2.05, 4.69) is 27.6 Å². The summed E-state index contributed by atoms with van der Waals surface area (Å²) in [5.41, 5.74) is 2.36. The van der Waals surface area contributed by atoms with Gasteiger partial charge in [0.2, 0.25) is 10.0 Å². The van der Waals surface area contributed by atoms with E-state index in [1.807, 2.05) is 26.1 Å². The lowest BCUT2D eigenvalue weighted by molar-refractivity contribution is 0.546. The van der Waals surface area contributed by atoms with Crippen molar-refractivity contribution in [3.05, 3.63) is 66.1 Å². The Morgan fingerprint density at radius 2 is 1.80 bits per heavy atom. The van der Waals surface area contributed by atoms with Gasteiger partial charge in [-0.15, -0.1) is 0 Å². The number of nitrogens with zero attached hydrogens (tertiary/aromatic N) is 1. The Labute approximate surface area is 147 Å². The van der Waals surface area contributed by atoms with Crippen molar-refractivity contribution in [3.63, 3.8) is 0 Å². The van der Waals surface area contributed by atoms with E-state index in [0.717, 1.165) is 24.1 Å². The molecule has 25 heavy (non-hydrogen) atoms. The van der Waals surface area contributed by atoms with Crippen LogP contribution in [0.5, 0.6) is 0 Å². The average Bonchev–Trinajstić information content (AvgIpc) is 2.90. The van der Waals surface area contributed by atoms with Gasteiger partial charge in [0.05, 0.1) is 4.90 Å². The van der Waals surface area contributed by atoms with E-state index in [9.17, 15) is 12.8 Å². The minimum atomic E-state index is -3.64. The number of benzene rings is 2. The molecule has 3 aromatic rings. The van der Waals surface area contributed by atoms with E-state index >= 15 is 0 Å². The molecule has 1 aromatic heterocycles. The summed E-state index contributed by atoms with van der Waals surface area (Å²) < 4.78 is 42.4. The van der Waals surface area contributed by atoms with Crippen molar-refractivity contribution >= 4 is 20.9 Å². The zero-order valence-electron chi connectivity index (χ0n) is 14.2. The van der Waals surface area contributed by atoms with Gasteiger partial charge in [-0.2, -0.15) is 0 Å². The maximum Gasteiger partial charge on any atom is 0.240 e. The molecule has 0 aliphatic carbocycles. The summed E-state index contributed by atoms with van der Waals surface area (Å²) in [6, 6.07) is 12.8. The number of sulfonamides is 1. The molecule has 0 radical (unpaired) electrons. The van der Waals surface area contributed by atoms with Gasteiger partial charge in [0.25, 0.3) is 0 Å². The van der Waals surface area contributed by atoms with Crippen LogP contribution in [-0.2, 0) is 23.5 Å². The van der Waals surface area contributed by atoms with E-state index in [4.69, 9.17) is 0 Å².